The van der Waals surface area contributed by atoms with Gasteiger partial charge in [0.2, 0.25) is 0 Å². The number of ether oxygens (including phenoxy) is 2. The van der Waals surface area contributed by atoms with E-state index in [0.717, 1.165) is 0 Å². The molecule has 0 saturated carbocycles. The van der Waals surface area contributed by atoms with E-state index in [1.54, 1.807) is 35.2 Å². The summed E-state index contributed by atoms with van der Waals surface area (Å²) in [5.74, 6) is -0.301. The Morgan fingerprint density at radius 3 is 2.95 bits per heavy atom. The Labute approximate surface area is 119 Å². The lowest BCUT2D eigenvalue weighted by Crippen LogP contribution is -2.14. The number of aromatic nitrogens is 1. The van der Waals surface area contributed by atoms with Crippen LogP contribution >= 0.6 is 11.3 Å². The van der Waals surface area contributed by atoms with Gasteiger partial charge in [-0.1, -0.05) is 6.07 Å². The van der Waals surface area contributed by atoms with Gasteiger partial charge < -0.3 is 14.8 Å². The molecular formula is C13H12N2O4S. The second-order valence-corrected chi connectivity index (χ2v) is 4.44. The molecule has 1 heterocycles. The normalized spacial score (nSPS) is 9.85. The Morgan fingerprint density at radius 1 is 1.40 bits per heavy atom. The average Bonchev–Trinajstić information content (AvgIpc) is 2.99. The van der Waals surface area contributed by atoms with E-state index < -0.39 is 5.97 Å². The first-order valence-electron chi connectivity index (χ1n) is 5.68. The monoisotopic (exact) mass is 292 g/mol. The van der Waals surface area contributed by atoms with Gasteiger partial charge in [0.05, 0.1) is 12.6 Å². The molecule has 1 amide bonds. The Bertz CT molecular complexity index is 598. The lowest BCUT2D eigenvalue weighted by molar-refractivity contribution is -0.142. The van der Waals surface area contributed by atoms with Gasteiger partial charge in [0.25, 0.3) is 5.91 Å². The van der Waals surface area contributed by atoms with Gasteiger partial charge in [-0.3, -0.25) is 4.79 Å². The van der Waals surface area contributed by atoms with E-state index in [4.69, 9.17) is 4.74 Å². The summed E-state index contributed by atoms with van der Waals surface area (Å²) in [7, 11) is 1.29. The molecule has 0 aliphatic rings. The molecule has 1 N–H and O–H groups in total. The number of methoxy groups -OCH3 is 1. The number of nitrogens with zero attached hydrogens (tertiary/aromatic N) is 1. The number of amides is 1. The van der Waals surface area contributed by atoms with Crippen LogP contribution in [0.1, 0.15) is 10.5 Å². The summed E-state index contributed by atoms with van der Waals surface area (Å²) in [5.41, 5.74) is 2.51. The highest BCUT2D eigenvalue weighted by atomic mass is 32.1. The van der Waals surface area contributed by atoms with Crippen LogP contribution < -0.4 is 10.1 Å². The number of rotatable bonds is 5. The van der Waals surface area contributed by atoms with Crippen molar-refractivity contribution in [1.82, 2.24) is 4.98 Å². The van der Waals surface area contributed by atoms with E-state index in [1.807, 2.05) is 0 Å². The third-order valence-corrected chi connectivity index (χ3v) is 2.93. The summed E-state index contributed by atoms with van der Waals surface area (Å²) >= 11 is 1.35. The Morgan fingerprint density at radius 2 is 2.25 bits per heavy atom. The zero-order valence-corrected chi connectivity index (χ0v) is 11.5. The van der Waals surface area contributed by atoms with Crippen molar-refractivity contribution in [2.75, 3.05) is 19.0 Å². The van der Waals surface area contributed by atoms with E-state index in [1.165, 1.54) is 18.4 Å². The highest BCUT2D eigenvalue weighted by Crippen LogP contribution is 2.18. The van der Waals surface area contributed by atoms with Crippen LogP contribution in [-0.2, 0) is 9.53 Å². The predicted molar refractivity (Wildman–Crippen MR) is 74.0 cm³/mol. The molecule has 0 aliphatic carbocycles. The van der Waals surface area contributed by atoms with Crippen LogP contribution in [-0.4, -0.2) is 30.6 Å². The molecule has 6 nitrogen and oxygen atoms in total. The number of nitrogens with one attached hydrogen (secondary N) is 1. The number of carbonyl (C=O) groups excluding carboxylic acids is 2. The average molecular weight is 292 g/mol. The molecule has 7 heteroatoms. The van der Waals surface area contributed by atoms with Crippen molar-refractivity contribution in [3.8, 4) is 5.75 Å². The largest absolute Gasteiger partial charge is 0.482 e. The number of anilines is 1. The number of carbonyl (C=O) groups is 2. The molecular weight excluding hydrogens is 280 g/mol. The smallest absolute Gasteiger partial charge is 0.343 e. The minimum Gasteiger partial charge on any atom is -0.482 e. The van der Waals surface area contributed by atoms with Crippen molar-refractivity contribution < 1.29 is 19.1 Å². The third-order valence-electron chi connectivity index (χ3n) is 2.34. The maximum Gasteiger partial charge on any atom is 0.343 e. The number of benzene rings is 1. The lowest BCUT2D eigenvalue weighted by atomic mass is 10.3. The standard InChI is InChI=1S/C13H12N2O4S/c1-18-12(16)6-19-10-4-2-3-9(5-10)15-13(17)11-7-20-8-14-11/h2-5,7-8H,6H2,1H3,(H,15,17). The number of hydrogen-bond donors (Lipinski definition) is 1. The van der Waals surface area contributed by atoms with Gasteiger partial charge in [0.1, 0.15) is 11.4 Å². The second-order valence-electron chi connectivity index (χ2n) is 3.72. The fourth-order valence-corrected chi connectivity index (χ4v) is 1.92. The molecule has 2 rings (SSSR count). The van der Waals surface area contributed by atoms with Gasteiger partial charge in [-0.25, -0.2) is 9.78 Å². The van der Waals surface area contributed by atoms with Crippen molar-refractivity contribution in [3.63, 3.8) is 0 Å². The quantitative estimate of drug-likeness (QED) is 0.852. The van der Waals surface area contributed by atoms with Crippen molar-refractivity contribution >= 4 is 28.9 Å². The number of hydrogen-bond acceptors (Lipinski definition) is 6. The van der Waals surface area contributed by atoms with Gasteiger partial charge in [-0.2, -0.15) is 0 Å². The topological polar surface area (TPSA) is 77.5 Å². The summed E-state index contributed by atoms with van der Waals surface area (Å²) in [6.07, 6.45) is 0. The summed E-state index contributed by atoms with van der Waals surface area (Å²) < 4.78 is 9.71. The minimum atomic E-state index is -0.470. The Balaban J connectivity index is 1.99. The van der Waals surface area contributed by atoms with Crippen molar-refractivity contribution in [3.05, 3.63) is 40.8 Å². The van der Waals surface area contributed by atoms with Crippen LogP contribution in [0.15, 0.2) is 35.2 Å². The van der Waals surface area contributed by atoms with Gasteiger partial charge in [0.15, 0.2) is 6.61 Å². The highest BCUT2D eigenvalue weighted by molar-refractivity contribution is 7.07. The summed E-state index contributed by atoms with van der Waals surface area (Å²) in [5, 5.41) is 4.36. The van der Waals surface area contributed by atoms with E-state index >= 15 is 0 Å². The maximum absolute atomic E-state index is 11.8. The SMILES string of the molecule is COC(=O)COc1cccc(NC(=O)c2cscn2)c1. The van der Waals surface area contributed by atoms with Crippen molar-refractivity contribution in [1.29, 1.82) is 0 Å². The van der Waals surface area contributed by atoms with Crippen LogP contribution in [0.3, 0.4) is 0 Å². The van der Waals surface area contributed by atoms with Crippen molar-refractivity contribution in [2.24, 2.45) is 0 Å². The summed E-state index contributed by atoms with van der Waals surface area (Å²) in [6.45, 7) is -0.181. The molecule has 2 aromatic rings. The second kappa shape index (κ2) is 6.67. The predicted octanol–water partition coefficient (Wildman–Crippen LogP) is 1.95. The molecule has 0 fully saturated rings. The molecule has 0 unspecified atom stereocenters. The summed E-state index contributed by atoms with van der Waals surface area (Å²) in [6, 6.07) is 6.73. The van der Waals surface area contributed by atoms with Crippen LogP contribution in [0, 0.1) is 0 Å². The van der Waals surface area contributed by atoms with Crippen LogP contribution in [0.4, 0.5) is 5.69 Å². The number of esters is 1. The molecule has 0 saturated heterocycles. The highest BCUT2D eigenvalue weighted by Gasteiger charge is 2.08. The molecule has 0 spiro atoms. The molecule has 0 aliphatic heterocycles. The molecule has 1 aromatic carbocycles. The lowest BCUT2D eigenvalue weighted by Gasteiger charge is -2.07. The van der Waals surface area contributed by atoms with E-state index in [-0.39, 0.29) is 12.5 Å². The van der Waals surface area contributed by atoms with Gasteiger partial charge in [-0.15, -0.1) is 11.3 Å². The van der Waals surface area contributed by atoms with Crippen molar-refractivity contribution in [2.45, 2.75) is 0 Å². The third kappa shape index (κ3) is 3.79. The molecule has 20 heavy (non-hydrogen) atoms. The molecule has 104 valence electrons. The Kier molecular flexibility index (Phi) is 4.67. The summed E-state index contributed by atoms with van der Waals surface area (Å²) in [4.78, 5) is 26.7. The fraction of sp³-hybridized carbons (Fsp3) is 0.154. The zero-order valence-electron chi connectivity index (χ0n) is 10.7. The van der Waals surface area contributed by atoms with Crippen LogP contribution in [0.5, 0.6) is 5.75 Å². The minimum absolute atomic E-state index is 0.181. The number of thiazole rings is 1. The van der Waals surface area contributed by atoms with Crippen LogP contribution in [0.25, 0.3) is 0 Å². The Hall–Kier alpha value is -2.41. The first-order valence-corrected chi connectivity index (χ1v) is 6.62. The molecule has 0 bridgehead atoms. The molecule has 1 aromatic heterocycles. The van der Waals surface area contributed by atoms with Gasteiger partial charge in [0, 0.05) is 17.1 Å². The van der Waals surface area contributed by atoms with Gasteiger partial charge in [-0.05, 0) is 12.1 Å². The first-order chi connectivity index (χ1) is 9.69. The first kappa shape index (κ1) is 14.0. The van der Waals surface area contributed by atoms with Crippen LogP contribution in [0.2, 0.25) is 0 Å². The molecule has 0 atom stereocenters. The van der Waals surface area contributed by atoms with Gasteiger partial charge >= 0.3 is 5.97 Å². The zero-order chi connectivity index (χ0) is 14.4. The fourth-order valence-electron chi connectivity index (χ4n) is 1.38. The maximum atomic E-state index is 11.8. The van der Waals surface area contributed by atoms with E-state index in [9.17, 15) is 9.59 Å². The molecule has 0 radical (unpaired) electrons. The van der Waals surface area contributed by atoms with E-state index in [0.29, 0.717) is 17.1 Å². The van der Waals surface area contributed by atoms with E-state index in [2.05, 4.69) is 15.0 Å².